The molecular weight excluding hydrogens is 519 g/mol. The molecule has 3 aromatic carbocycles. The Kier molecular flexibility index (Phi) is 11.5. The number of unbranched alkanes of at least 4 members (excludes halogenated alkanes) is 1. The van der Waals surface area contributed by atoms with Crippen LogP contribution in [-0.2, 0) is 22.6 Å². The second-order valence-corrected chi connectivity index (χ2v) is 10.4. The van der Waals surface area contributed by atoms with Gasteiger partial charge >= 0.3 is 0 Å². The second kappa shape index (κ2) is 14.8. The highest BCUT2D eigenvalue weighted by molar-refractivity contribution is 6.35. The lowest BCUT2D eigenvalue weighted by Gasteiger charge is -2.32. The SMILES string of the molecule is CCCCNC(=O)C(Cc1ccccc1)N(Cc1ccc(Cl)cc1Cl)C(=O)COc1ccccc1C(C)C. The predicted octanol–water partition coefficient (Wildman–Crippen LogP) is 7.05. The first-order chi connectivity index (χ1) is 18.3. The van der Waals surface area contributed by atoms with Crippen molar-refractivity contribution in [3.63, 3.8) is 0 Å². The summed E-state index contributed by atoms with van der Waals surface area (Å²) in [6.07, 6.45) is 2.17. The van der Waals surface area contributed by atoms with Crippen LogP contribution in [0.4, 0.5) is 0 Å². The van der Waals surface area contributed by atoms with E-state index in [9.17, 15) is 9.59 Å². The van der Waals surface area contributed by atoms with Gasteiger partial charge in [-0.3, -0.25) is 9.59 Å². The maximum atomic E-state index is 13.8. The highest BCUT2D eigenvalue weighted by atomic mass is 35.5. The van der Waals surface area contributed by atoms with Gasteiger partial charge < -0.3 is 15.0 Å². The number of para-hydroxylation sites is 1. The van der Waals surface area contributed by atoms with Crippen LogP contribution in [0.25, 0.3) is 0 Å². The van der Waals surface area contributed by atoms with E-state index in [4.69, 9.17) is 27.9 Å². The fraction of sp³-hybridized carbons (Fsp3) is 0.355. The van der Waals surface area contributed by atoms with E-state index in [2.05, 4.69) is 26.1 Å². The van der Waals surface area contributed by atoms with Crippen molar-refractivity contribution in [3.05, 3.63) is 99.5 Å². The molecule has 0 saturated carbocycles. The van der Waals surface area contributed by atoms with Crippen LogP contribution in [0.5, 0.6) is 5.75 Å². The Morgan fingerprint density at radius 2 is 1.68 bits per heavy atom. The van der Waals surface area contributed by atoms with E-state index in [1.165, 1.54) is 0 Å². The Labute approximate surface area is 236 Å². The number of carbonyl (C=O) groups is 2. The lowest BCUT2D eigenvalue weighted by molar-refractivity contribution is -0.142. The minimum absolute atomic E-state index is 0.142. The number of benzene rings is 3. The number of nitrogens with one attached hydrogen (secondary N) is 1. The summed E-state index contributed by atoms with van der Waals surface area (Å²) < 4.78 is 6.03. The predicted molar refractivity (Wildman–Crippen MR) is 155 cm³/mol. The standard InChI is InChI=1S/C31H36Cl2N2O3/c1-4-5-17-34-31(37)28(18-23-11-7-6-8-12-23)35(20-24-15-16-25(32)19-27(24)33)30(36)21-38-29-14-10-9-13-26(29)22(2)3/h6-16,19,22,28H,4-5,17-18,20-21H2,1-3H3,(H,34,37). The van der Waals surface area contributed by atoms with Crippen molar-refractivity contribution in [2.24, 2.45) is 0 Å². The summed E-state index contributed by atoms with van der Waals surface area (Å²) in [6.45, 7) is 6.71. The Morgan fingerprint density at radius 1 is 0.974 bits per heavy atom. The van der Waals surface area contributed by atoms with Crippen molar-refractivity contribution in [1.29, 1.82) is 0 Å². The van der Waals surface area contributed by atoms with E-state index in [1.807, 2.05) is 54.6 Å². The fourth-order valence-corrected chi connectivity index (χ4v) is 4.67. The average Bonchev–Trinajstić information content (AvgIpc) is 2.91. The summed E-state index contributed by atoms with van der Waals surface area (Å²) in [5, 5.41) is 3.96. The number of amides is 2. The van der Waals surface area contributed by atoms with Gasteiger partial charge in [-0.1, -0.05) is 105 Å². The first-order valence-corrected chi connectivity index (χ1v) is 13.8. The number of ether oxygens (including phenoxy) is 1. The minimum atomic E-state index is -0.752. The third kappa shape index (κ3) is 8.50. The van der Waals surface area contributed by atoms with Gasteiger partial charge in [-0.15, -0.1) is 0 Å². The smallest absolute Gasteiger partial charge is 0.261 e. The van der Waals surface area contributed by atoms with Crippen molar-refractivity contribution in [3.8, 4) is 5.75 Å². The Bertz CT molecular complexity index is 1200. The summed E-state index contributed by atoms with van der Waals surface area (Å²) in [7, 11) is 0. The quantitative estimate of drug-likeness (QED) is 0.230. The summed E-state index contributed by atoms with van der Waals surface area (Å²) in [5.41, 5.74) is 2.67. The van der Waals surface area contributed by atoms with Crippen LogP contribution in [0.1, 0.15) is 56.2 Å². The molecule has 0 radical (unpaired) electrons. The lowest BCUT2D eigenvalue weighted by atomic mass is 10.0. The van der Waals surface area contributed by atoms with Crippen LogP contribution in [0.2, 0.25) is 10.0 Å². The van der Waals surface area contributed by atoms with Crippen LogP contribution < -0.4 is 10.1 Å². The average molecular weight is 556 g/mol. The van der Waals surface area contributed by atoms with E-state index >= 15 is 0 Å². The van der Waals surface area contributed by atoms with E-state index < -0.39 is 6.04 Å². The number of rotatable bonds is 13. The highest BCUT2D eigenvalue weighted by Gasteiger charge is 2.31. The molecule has 0 bridgehead atoms. The van der Waals surface area contributed by atoms with Gasteiger partial charge in [-0.25, -0.2) is 0 Å². The molecule has 0 saturated heterocycles. The third-order valence-electron chi connectivity index (χ3n) is 6.35. The molecular formula is C31H36Cl2N2O3. The van der Waals surface area contributed by atoms with Crippen molar-refractivity contribution < 1.29 is 14.3 Å². The van der Waals surface area contributed by atoms with Crippen molar-refractivity contribution in [1.82, 2.24) is 10.2 Å². The van der Waals surface area contributed by atoms with Gasteiger partial charge in [0.05, 0.1) is 0 Å². The minimum Gasteiger partial charge on any atom is -0.483 e. The molecule has 3 rings (SSSR count). The zero-order valence-corrected chi connectivity index (χ0v) is 23.8. The van der Waals surface area contributed by atoms with Gasteiger partial charge in [0.15, 0.2) is 6.61 Å². The third-order valence-corrected chi connectivity index (χ3v) is 6.94. The van der Waals surface area contributed by atoms with Crippen molar-refractivity contribution in [2.45, 2.75) is 58.5 Å². The van der Waals surface area contributed by atoms with Gasteiger partial charge in [0.2, 0.25) is 5.91 Å². The van der Waals surface area contributed by atoms with Gasteiger partial charge in [0.1, 0.15) is 11.8 Å². The molecule has 0 aliphatic heterocycles. The molecule has 202 valence electrons. The van der Waals surface area contributed by atoms with Gasteiger partial charge in [0.25, 0.3) is 5.91 Å². The van der Waals surface area contributed by atoms with Crippen LogP contribution >= 0.6 is 23.2 Å². The largest absolute Gasteiger partial charge is 0.483 e. The number of nitrogens with zero attached hydrogens (tertiary/aromatic N) is 1. The number of hydrogen-bond donors (Lipinski definition) is 1. The zero-order valence-electron chi connectivity index (χ0n) is 22.3. The molecule has 1 atom stereocenters. The maximum absolute atomic E-state index is 13.8. The van der Waals surface area contributed by atoms with Crippen LogP contribution in [0.15, 0.2) is 72.8 Å². The summed E-state index contributed by atoms with van der Waals surface area (Å²) in [6, 6.07) is 21.8. The molecule has 5 nitrogen and oxygen atoms in total. The molecule has 1 N–H and O–H groups in total. The summed E-state index contributed by atoms with van der Waals surface area (Å²) in [4.78, 5) is 28.9. The number of hydrogen-bond acceptors (Lipinski definition) is 3. The van der Waals surface area contributed by atoms with E-state index in [-0.39, 0.29) is 30.9 Å². The maximum Gasteiger partial charge on any atom is 0.261 e. The zero-order chi connectivity index (χ0) is 27.5. The highest BCUT2D eigenvalue weighted by Crippen LogP contribution is 2.27. The van der Waals surface area contributed by atoms with Gasteiger partial charge in [0, 0.05) is 29.6 Å². The Hall–Kier alpha value is -3.02. The molecule has 1 unspecified atom stereocenters. The van der Waals surface area contributed by atoms with E-state index in [1.54, 1.807) is 23.1 Å². The Balaban J connectivity index is 1.94. The van der Waals surface area contributed by atoms with Crippen molar-refractivity contribution >= 4 is 35.0 Å². The first-order valence-electron chi connectivity index (χ1n) is 13.1. The van der Waals surface area contributed by atoms with Crippen LogP contribution in [0.3, 0.4) is 0 Å². The molecule has 7 heteroatoms. The first kappa shape index (κ1) is 29.5. The number of halogens is 2. The normalized spacial score (nSPS) is 11.7. The summed E-state index contributed by atoms with van der Waals surface area (Å²) in [5.74, 6) is 0.386. The second-order valence-electron chi connectivity index (χ2n) is 9.59. The fourth-order valence-electron chi connectivity index (χ4n) is 4.20. The van der Waals surface area contributed by atoms with Gasteiger partial charge in [-0.05, 0) is 47.2 Å². The van der Waals surface area contributed by atoms with Crippen LogP contribution in [-0.4, -0.2) is 35.9 Å². The topological polar surface area (TPSA) is 58.6 Å². The van der Waals surface area contributed by atoms with Crippen LogP contribution in [0, 0.1) is 0 Å². The van der Waals surface area contributed by atoms with Crippen molar-refractivity contribution in [2.75, 3.05) is 13.2 Å². The Morgan fingerprint density at radius 3 is 2.37 bits per heavy atom. The molecule has 0 aromatic heterocycles. The molecule has 0 spiro atoms. The van der Waals surface area contributed by atoms with Gasteiger partial charge in [-0.2, -0.15) is 0 Å². The lowest BCUT2D eigenvalue weighted by Crippen LogP contribution is -2.51. The number of carbonyl (C=O) groups excluding carboxylic acids is 2. The molecule has 0 heterocycles. The monoisotopic (exact) mass is 554 g/mol. The summed E-state index contributed by atoms with van der Waals surface area (Å²) >= 11 is 12.6. The van der Waals surface area contributed by atoms with E-state index in [0.29, 0.717) is 34.3 Å². The van der Waals surface area contributed by atoms with E-state index in [0.717, 1.165) is 24.0 Å². The molecule has 0 fully saturated rings. The molecule has 38 heavy (non-hydrogen) atoms. The molecule has 2 amide bonds. The molecule has 0 aliphatic rings. The molecule has 0 aliphatic carbocycles. The molecule has 3 aromatic rings.